The number of methoxy groups -OCH3 is 2. The minimum atomic E-state index is -3.95. The van der Waals surface area contributed by atoms with Crippen LogP contribution in [0.3, 0.4) is 0 Å². The van der Waals surface area contributed by atoms with Gasteiger partial charge in [0.15, 0.2) is 0 Å². The van der Waals surface area contributed by atoms with Crippen LogP contribution >= 0.6 is 0 Å². The van der Waals surface area contributed by atoms with Crippen molar-refractivity contribution in [1.29, 1.82) is 0 Å². The van der Waals surface area contributed by atoms with E-state index >= 15 is 0 Å². The highest BCUT2D eigenvalue weighted by Gasteiger charge is 2.20. The number of carbonyl (C=O) groups is 2. The molecule has 0 radical (unpaired) electrons. The third kappa shape index (κ3) is 4.70. The Labute approximate surface area is 150 Å². The molecule has 8 heteroatoms. The van der Waals surface area contributed by atoms with E-state index in [1.807, 2.05) is 0 Å². The van der Waals surface area contributed by atoms with Crippen molar-refractivity contribution >= 4 is 28.1 Å². The van der Waals surface area contributed by atoms with E-state index < -0.39 is 22.1 Å². The molecule has 7 nitrogen and oxygen atoms in total. The molecule has 0 atom stereocenters. The molecular formula is C18H16O7S. The quantitative estimate of drug-likeness (QED) is 0.251. The average Bonchev–Trinajstić information content (AvgIpc) is 2.66. The molecule has 0 aliphatic carbocycles. The summed E-state index contributed by atoms with van der Waals surface area (Å²) < 4.78 is 38.4. The fraction of sp³-hybridized carbons (Fsp3) is 0.111. The van der Waals surface area contributed by atoms with Gasteiger partial charge >= 0.3 is 22.1 Å². The molecule has 0 fully saturated rings. The largest absolute Gasteiger partial charge is 0.465 e. The Hall–Kier alpha value is -3.13. The van der Waals surface area contributed by atoms with Crippen LogP contribution < -0.4 is 4.18 Å². The molecule has 0 amide bonds. The highest BCUT2D eigenvalue weighted by molar-refractivity contribution is 7.87. The Morgan fingerprint density at radius 1 is 0.846 bits per heavy atom. The normalized spacial score (nSPS) is 10.5. The molecule has 0 heterocycles. The molecule has 0 bridgehead atoms. The molecule has 136 valence electrons. The van der Waals surface area contributed by atoms with Crippen molar-refractivity contribution in [1.82, 2.24) is 0 Å². The van der Waals surface area contributed by atoms with Gasteiger partial charge in [-0.2, -0.15) is 8.42 Å². The lowest BCUT2D eigenvalue weighted by Gasteiger charge is -2.07. The van der Waals surface area contributed by atoms with Gasteiger partial charge in [0.2, 0.25) is 0 Å². The van der Waals surface area contributed by atoms with E-state index in [0.29, 0.717) is 5.56 Å². The Kier molecular flexibility index (Phi) is 6.13. The van der Waals surface area contributed by atoms with Crippen molar-refractivity contribution in [3.63, 3.8) is 0 Å². The van der Waals surface area contributed by atoms with Crippen LogP contribution in [0.2, 0.25) is 0 Å². The van der Waals surface area contributed by atoms with Crippen LogP contribution in [0, 0.1) is 0 Å². The Bertz CT molecular complexity index is 896. The van der Waals surface area contributed by atoms with Gasteiger partial charge in [0, 0.05) is 0 Å². The monoisotopic (exact) mass is 376 g/mol. The van der Waals surface area contributed by atoms with Crippen LogP contribution in [0.5, 0.6) is 5.75 Å². The Morgan fingerprint density at radius 3 is 1.88 bits per heavy atom. The molecule has 26 heavy (non-hydrogen) atoms. The maximum atomic E-state index is 12.2. The van der Waals surface area contributed by atoms with Crippen LogP contribution in [0.1, 0.15) is 5.56 Å². The van der Waals surface area contributed by atoms with Crippen molar-refractivity contribution in [3.05, 3.63) is 65.7 Å². The molecule has 0 aliphatic rings. The van der Waals surface area contributed by atoms with Crippen LogP contribution in [0.15, 0.2) is 65.1 Å². The molecule has 0 unspecified atom stereocenters. The molecule has 0 saturated carbocycles. The molecule has 0 saturated heterocycles. The van der Waals surface area contributed by atoms with Crippen molar-refractivity contribution in [2.24, 2.45) is 0 Å². The molecule has 2 rings (SSSR count). The lowest BCUT2D eigenvalue weighted by Crippen LogP contribution is -2.15. The number of ether oxygens (including phenoxy) is 2. The molecule has 0 aromatic heterocycles. The summed E-state index contributed by atoms with van der Waals surface area (Å²) in [5.41, 5.74) is 0.167. The number of rotatable bonds is 6. The van der Waals surface area contributed by atoms with Gasteiger partial charge in [-0.15, -0.1) is 0 Å². The summed E-state index contributed by atoms with van der Waals surface area (Å²) >= 11 is 0. The third-order valence-electron chi connectivity index (χ3n) is 3.24. The predicted octanol–water partition coefficient (Wildman–Crippen LogP) is 2.18. The van der Waals surface area contributed by atoms with Gasteiger partial charge in [-0.05, 0) is 35.9 Å². The smallest absolute Gasteiger partial charge is 0.345 e. The fourth-order valence-electron chi connectivity index (χ4n) is 1.97. The summed E-state index contributed by atoms with van der Waals surface area (Å²) in [6.45, 7) is 0. The Balaban J connectivity index is 2.24. The molecule has 0 spiro atoms. The number of hydrogen-bond donors (Lipinski definition) is 0. The van der Waals surface area contributed by atoms with Crippen molar-refractivity contribution in [2.75, 3.05) is 14.2 Å². The van der Waals surface area contributed by atoms with Crippen molar-refractivity contribution in [3.8, 4) is 5.75 Å². The number of carbonyl (C=O) groups excluding carboxylic acids is 2. The van der Waals surface area contributed by atoms with E-state index in [4.69, 9.17) is 4.18 Å². The van der Waals surface area contributed by atoms with Crippen LogP contribution in [-0.2, 0) is 29.2 Å². The van der Waals surface area contributed by atoms with Gasteiger partial charge in [-0.3, -0.25) is 0 Å². The highest BCUT2D eigenvalue weighted by Crippen LogP contribution is 2.20. The van der Waals surface area contributed by atoms with E-state index in [2.05, 4.69) is 9.47 Å². The van der Waals surface area contributed by atoms with Gasteiger partial charge in [-0.25, -0.2) is 9.59 Å². The fourth-order valence-corrected chi connectivity index (χ4v) is 2.92. The molecule has 2 aromatic carbocycles. The van der Waals surface area contributed by atoms with Gasteiger partial charge in [0.05, 0.1) is 14.2 Å². The van der Waals surface area contributed by atoms with E-state index in [1.165, 1.54) is 42.5 Å². The minimum absolute atomic E-state index is 0.0302. The maximum absolute atomic E-state index is 12.2. The van der Waals surface area contributed by atoms with E-state index in [9.17, 15) is 18.0 Å². The van der Waals surface area contributed by atoms with Crippen LogP contribution in [-0.4, -0.2) is 34.6 Å². The summed E-state index contributed by atoms with van der Waals surface area (Å²) in [5.74, 6) is -1.60. The standard InChI is InChI=1S/C18H16O7S/c1-23-17(19)16(18(20)24-2)12-13-8-10-14(11-9-13)25-26(21,22)15-6-4-3-5-7-15/h3-12H,1-2H3. The van der Waals surface area contributed by atoms with Crippen LogP contribution in [0.4, 0.5) is 0 Å². The molecular weight excluding hydrogens is 360 g/mol. The van der Waals surface area contributed by atoms with Gasteiger partial charge in [-0.1, -0.05) is 30.3 Å². The predicted molar refractivity (Wildman–Crippen MR) is 92.7 cm³/mol. The third-order valence-corrected chi connectivity index (χ3v) is 4.50. The summed E-state index contributed by atoms with van der Waals surface area (Å²) in [5, 5.41) is 0. The van der Waals surface area contributed by atoms with Crippen molar-refractivity contribution in [2.45, 2.75) is 4.90 Å². The van der Waals surface area contributed by atoms with E-state index in [0.717, 1.165) is 14.2 Å². The first-order chi connectivity index (χ1) is 12.4. The second kappa shape index (κ2) is 8.30. The first-order valence-electron chi connectivity index (χ1n) is 7.35. The zero-order valence-corrected chi connectivity index (χ0v) is 14.9. The second-order valence-electron chi connectivity index (χ2n) is 4.96. The second-order valence-corrected chi connectivity index (χ2v) is 6.51. The summed E-state index contributed by atoms with van der Waals surface area (Å²) in [6.07, 6.45) is 1.27. The van der Waals surface area contributed by atoms with Gasteiger partial charge < -0.3 is 13.7 Å². The summed E-state index contributed by atoms with van der Waals surface area (Å²) in [7, 11) is -1.66. The Morgan fingerprint density at radius 2 is 1.38 bits per heavy atom. The summed E-state index contributed by atoms with van der Waals surface area (Å²) in [4.78, 5) is 23.3. The highest BCUT2D eigenvalue weighted by atomic mass is 32.2. The van der Waals surface area contributed by atoms with Crippen LogP contribution in [0.25, 0.3) is 6.08 Å². The average molecular weight is 376 g/mol. The lowest BCUT2D eigenvalue weighted by molar-refractivity contribution is -0.143. The maximum Gasteiger partial charge on any atom is 0.345 e. The molecule has 0 aliphatic heterocycles. The minimum Gasteiger partial charge on any atom is -0.465 e. The zero-order chi connectivity index (χ0) is 19.2. The molecule has 2 aromatic rings. The summed E-state index contributed by atoms with van der Waals surface area (Å²) in [6, 6.07) is 13.5. The lowest BCUT2D eigenvalue weighted by atomic mass is 10.1. The number of esters is 2. The zero-order valence-electron chi connectivity index (χ0n) is 14.0. The van der Waals surface area contributed by atoms with Gasteiger partial charge in [0.25, 0.3) is 0 Å². The topological polar surface area (TPSA) is 96.0 Å². The van der Waals surface area contributed by atoms with E-state index in [-0.39, 0.29) is 16.2 Å². The SMILES string of the molecule is COC(=O)C(=Cc1ccc(OS(=O)(=O)c2ccccc2)cc1)C(=O)OC. The van der Waals surface area contributed by atoms with E-state index in [1.54, 1.807) is 18.2 Å². The van der Waals surface area contributed by atoms with Gasteiger partial charge in [0.1, 0.15) is 16.2 Å². The number of hydrogen-bond acceptors (Lipinski definition) is 7. The first-order valence-corrected chi connectivity index (χ1v) is 8.76. The number of benzene rings is 2. The molecule has 0 N–H and O–H groups in total. The first kappa shape index (κ1) is 19.2. The van der Waals surface area contributed by atoms with Crippen molar-refractivity contribution < 1.29 is 31.7 Å².